The molecule has 0 saturated heterocycles. The zero-order valence-electron chi connectivity index (χ0n) is 14.5. The van der Waals surface area contributed by atoms with Crippen molar-refractivity contribution in [3.63, 3.8) is 0 Å². The van der Waals surface area contributed by atoms with Crippen LogP contribution >= 0.6 is 15.9 Å². The maximum atomic E-state index is 12.6. The van der Waals surface area contributed by atoms with Gasteiger partial charge in [0.25, 0.3) is 5.91 Å². The molecule has 0 aliphatic rings. The minimum Gasteiger partial charge on any atom is -0.351 e. The van der Waals surface area contributed by atoms with Crippen molar-refractivity contribution in [2.45, 2.75) is 31.1 Å². The average Bonchev–Trinajstić information content (AvgIpc) is 2.60. The lowest BCUT2D eigenvalue weighted by Gasteiger charge is -2.26. The van der Waals surface area contributed by atoms with Gasteiger partial charge in [0.2, 0.25) is 0 Å². The van der Waals surface area contributed by atoms with Crippen molar-refractivity contribution in [3.8, 4) is 0 Å². The second kappa shape index (κ2) is 7.70. The number of amides is 1. The van der Waals surface area contributed by atoms with Gasteiger partial charge in [0.1, 0.15) is 0 Å². The Balaban J connectivity index is 2.20. The molecule has 25 heavy (non-hydrogen) atoms. The molecule has 1 N–H and O–H groups in total. The Labute approximate surface area is 157 Å². The van der Waals surface area contributed by atoms with Gasteiger partial charge in [0.05, 0.1) is 16.2 Å². The summed E-state index contributed by atoms with van der Waals surface area (Å²) in [6, 6.07) is 14.3. The van der Waals surface area contributed by atoms with E-state index in [9.17, 15) is 13.2 Å². The third-order valence-corrected chi connectivity index (χ3v) is 6.48. The van der Waals surface area contributed by atoms with Crippen LogP contribution in [-0.4, -0.2) is 26.6 Å². The molecule has 1 amide bonds. The molecule has 4 nitrogen and oxygen atoms in total. The largest absolute Gasteiger partial charge is 0.351 e. The summed E-state index contributed by atoms with van der Waals surface area (Å²) in [4.78, 5) is 12.7. The molecule has 0 fully saturated rings. The molecule has 0 heterocycles. The van der Waals surface area contributed by atoms with Gasteiger partial charge in [-0.05, 0) is 29.8 Å². The highest BCUT2D eigenvalue weighted by atomic mass is 79.9. The molecule has 2 aromatic carbocycles. The predicted octanol–water partition coefficient (Wildman–Crippen LogP) is 3.95. The summed E-state index contributed by atoms with van der Waals surface area (Å²) in [6.45, 7) is 6.03. The standard InChI is InChI=1S/C19H22BrNO3S/c1-4-25(23,24)17-8-6-5-7-16(17)18(22)21-13-19(2,3)14-9-11-15(20)12-10-14/h5-12H,4,13H2,1-3H3,(H,21,22). The van der Waals surface area contributed by atoms with Crippen LogP contribution in [0.3, 0.4) is 0 Å². The Morgan fingerprint density at radius 3 is 2.28 bits per heavy atom. The van der Waals surface area contributed by atoms with E-state index in [1.54, 1.807) is 25.1 Å². The SMILES string of the molecule is CCS(=O)(=O)c1ccccc1C(=O)NCC(C)(C)c1ccc(Br)cc1. The Morgan fingerprint density at radius 2 is 1.68 bits per heavy atom. The number of rotatable bonds is 6. The summed E-state index contributed by atoms with van der Waals surface area (Å²) in [5, 5.41) is 2.87. The van der Waals surface area contributed by atoms with E-state index in [-0.39, 0.29) is 27.5 Å². The number of carbonyl (C=O) groups excluding carboxylic acids is 1. The summed E-state index contributed by atoms with van der Waals surface area (Å²) in [5.74, 6) is -0.417. The van der Waals surface area contributed by atoms with E-state index >= 15 is 0 Å². The minimum absolute atomic E-state index is 0.0400. The normalized spacial score (nSPS) is 12.0. The van der Waals surface area contributed by atoms with Gasteiger partial charge < -0.3 is 5.32 Å². The van der Waals surface area contributed by atoms with E-state index in [2.05, 4.69) is 21.2 Å². The summed E-state index contributed by atoms with van der Waals surface area (Å²) in [6.07, 6.45) is 0. The molecule has 6 heteroatoms. The lowest BCUT2D eigenvalue weighted by molar-refractivity contribution is 0.0942. The highest BCUT2D eigenvalue weighted by Crippen LogP contribution is 2.24. The van der Waals surface area contributed by atoms with Crippen LogP contribution < -0.4 is 5.32 Å². The summed E-state index contributed by atoms with van der Waals surface area (Å²) >= 11 is 3.41. The van der Waals surface area contributed by atoms with Crippen molar-refractivity contribution in [2.24, 2.45) is 0 Å². The molecule has 134 valence electrons. The smallest absolute Gasteiger partial charge is 0.252 e. The molecule has 0 saturated carbocycles. The first-order chi connectivity index (χ1) is 11.7. The third kappa shape index (κ3) is 4.70. The van der Waals surface area contributed by atoms with Crippen LogP contribution in [0, 0.1) is 0 Å². The lowest BCUT2D eigenvalue weighted by Crippen LogP contribution is -2.37. The first-order valence-corrected chi connectivity index (χ1v) is 10.5. The number of carbonyl (C=O) groups is 1. The van der Waals surface area contributed by atoms with Crippen molar-refractivity contribution < 1.29 is 13.2 Å². The van der Waals surface area contributed by atoms with E-state index < -0.39 is 9.84 Å². The van der Waals surface area contributed by atoms with E-state index in [0.717, 1.165) is 10.0 Å². The van der Waals surface area contributed by atoms with E-state index in [0.29, 0.717) is 6.54 Å². The summed E-state index contributed by atoms with van der Waals surface area (Å²) < 4.78 is 25.4. The van der Waals surface area contributed by atoms with Crippen LogP contribution in [-0.2, 0) is 15.3 Å². The number of benzene rings is 2. The highest BCUT2D eigenvalue weighted by molar-refractivity contribution is 9.10. The second-order valence-corrected chi connectivity index (χ2v) is 9.64. The Hall–Kier alpha value is -1.66. The van der Waals surface area contributed by atoms with Crippen LogP contribution in [0.15, 0.2) is 57.9 Å². The molecular weight excluding hydrogens is 402 g/mol. The van der Waals surface area contributed by atoms with E-state index in [1.165, 1.54) is 6.07 Å². The maximum Gasteiger partial charge on any atom is 0.252 e. The van der Waals surface area contributed by atoms with Gasteiger partial charge in [0.15, 0.2) is 9.84 Å². The van der Waals surface area contributed by atoms with Crippen LogP contribution in [0.25, 0.3) is 0 Å². The molecule has 0 radical (unpaired) electrons. The van der Waals surface area contributed by atoms with Crippen molar-refractivity contribution in [3.05, 3.63) is 64.1 Å². The van der Waals surface area contributed by atoms with Gasteiger partial charge in [-0.2, -0.15) is 0 Å². The lowest BCUT2D eigenvalue weighted by atomic mass is 9.84. The van der Waals surface area contributed by atoms with Crippen LogP contribution in [0.1, 0.15) is 36.7 Å². The topological polar surface area (TPSA) is 63.2 Å². The molecule has 2 rings (SSSR count). The maximum absolute atomic E-state index is 12.6. The van der Waals surface area contributed by atoms with Crippen molar-refractivity contribution in [1.29, 1.82) is 0 Å². The molecule has 0 spiro atoms. The number of sulfone groups is 1. The fraction of sp³-hybridized carbons (Fsp3) is 0.316. The van der Waals surface area contributed by atoms with Gasteiger partial charge >= 0.3 is 0 Å². The second-order valence-electron chi connectivity index (χ2n) is 6.47. The molecular formula is C19H22BrNO3S. The van der Waals surface area contributed by atoms with Gasteiger partial charge in [-0.3, -0.25) is 4.79 Å². The predicted molar refractivity (Wildman–Crippen MR) is 104 cm³/mol. The first kappa shape index (κ1) is 19.7. The number of nitrogens with one attached hydrogen (secondary N) is 1. The van der Waals surface area contributed by atoms with Gasteiger partial charge in [-0.25, -0.2) is 8.42 Å². The first-order valence-electron chi connectivity index (χ1n) is 8.03. The fourth-order valence-corrected chi connectivity index (χ4v) is 3.84. The van der Waals surface area contributed by atoms with Gasteiger partial charge in [0, 0.05) is 16.4 Å². The minimum atomic E-state index is -3.45. The monoisotopic (exact) mass is 423 g/mol. The van der Waals surface area contributed by atoms with Crippen molar-refractivity contribution in [2.75, 3.05) is 12.3 Å². The quantitative estimate of drug-likeness (QED) is 0.764. The molecule has 0 aromatic heterocycles. The molecule has 0 aliphatic carbocycles. The number of halogens is 1. The van der Waals surface area contributed by atoms with Crippen molar-refractivity contribution >= 4 is 31.7 Å². The average molecular weight is 424 g/mol. The zero-order valence-corrected chi connectivity index (χ0v) is 16.9. The molecule has 0 atom stereocenters. The molecule has 0 aliphatic heterocycles. The summed E-state index contributed by atoms with van der Waals surface area (Å²) in [5.41, 5.74) is 0.996. The van der Waals surface area contributed by atoms with Crippen LogP contribution in [0.5, 0.6) is 0 Å². The van der Waals surface area contributed by atoms with E-state index in [4.69, 9.17) is 0 Å². The Morgan fingerprint density at radius 1 is 1.08 bits per heavy atom. The number of hydrogen-bond donors (Lipinski definition) is 1. The molecule has 2 aromatic rings. The zero-order chi connectivity index (χ0) is 18.7. The number of hydrogen-bond acceptors (Lipinski definition) is 3. The Bertz CT molecular complexity index is 858. The van der Waals surface area contributed by atoms with Crippen molar-refractivity contribution in [1.82, 2.24) is 5.32 Å². The molecule has 0 unspecified atom stereocenters. The fourth-order valence-electron chi connectivity index (χ4n) is 2.48. The van der Waals surface area contributed by atoms with Gasteiger partial charge in [-0.1, -0.05) is 61.0 Å². The highest BCUT2D eigenvalue weighted by Gasteiger charge is 2.24. The third-order valence-electron chi connectivity index (χ3n) is 4.16. The van der Waals surface area contributed by atoms with E-state index in [1.807, 2.05) is 38.1 Å². The van der Waals surface area contributed by atoms with Gasteiger partial charge in [-0.15, -0.1) is 0 Å². The van der Waals surface area contributed by atoms with Crippen LogP contribution in [0.4, 0.5) is 0 Å². The Kier molecular flexibility index (Phi) is 6.06. The van der Waals surface area contributed by atoms with Crippen LogP contribution in [0.2, 0.25) is 0 Å². The summed E-state index contributed by atoms with van der Waals surface area (Å²) in [7, 11) is -3.45. The molecule has 0 bridgehead atoms.